The number of nitrogens with one attached hydrogen (secondary N) is 1. The highest BCUT2D eigenvalue weighted by atomic mass is 16.5. The fourth-order valence-electron chi connectivity index (χ4n) is 3.28. The Kier molecular flexibility index (Phi) is 4.86. The quantitative estimate of drug-likeness (QED) is 0.563. The zero-order valence-corrected chi connectivity index (χ0v) is 16.7. The van der Waals surface area contributed by atoms with Crippen LogP contribution >= 0.6 is 0 Å². The van der Waals surface area contributed by atoms with E-state index in [-0.39, 0.29) is 5.91 Å². The molecule has 8 nitrogen and oxygen atoms in total. The number of pyridine rings is 2. The van der Waals surface area contributed by atoms with Gasteiger partial charge in [0.1, 0.15) is 11.8 Å². The summed E-state index contributed by atoms with van der Waals surface area (Å²) < 4.78 is 6.92. The number of carbonyl (C=O) groups excluding carboxylic acids is 1. The fourth-order valence-corrected chi connectivity index (χ4v) is 3.28. The molecular weight excluding hydrogens is 380 g/mol. The van der Waals surface area contributed by atoms with Crippen molar-refractivity contribution in [3.8, 4) is 17.5 Å². The van der Waals surface area contributed by atoms with Gasteiger partial charge in [-0.15, -0.1) is 0 Å². The molecule has 3 aromatic heterocycles. The Morgan fingerprint density at radius 3 is 2.67 bits per heavy atom. The van der Waals surface area contributed by atoms with Gasteiger partial charge in [-0.25, -0.2) is 9.67 Å². The summed E-state index contributed by atoms with van der Waals surface area (Å²) in [5.74, 6) is 0.383. The minimum Gasteiger partial charge on any atom is -0.497 e. The largest absolute Gasteiger partial charge is 0.497 e. The maximum atomic E-state index is 13.1. The van der Waals surface area contributed by atoms with Gasteiger partial charge in [0.2, 0.25) is 0 Å². The van der Waals surface area contributed by atoms with Crippen LogP contribution in [0.4, 0.5) is 5.69 Å². The summed E-state index contributed by atoms with van der Waals surface area (Å²) in [6.45, 7) is 3.66. The van der Waals surface area contributed by atoms with E-state index in [9.17, 15) is 10.1 Å². The number of nitrogens with zero attached hydrogens (tertiary/aromatic N) is 5. The zero-order chi connectivity index (χ0) is 21.3. The third kappa shape index (κ3) is 3.33. The van der Waals surface area contributed by atoms with Gasteiger partial charge >= 0.3 is 0 Å². The molecule has 8 heteroatoms. The molecule has 0 fully saturated rings. The van der Waals surface area contributed by atoms with Crippen LogP contribution in [0.5, 0.6) is 5.75 Å². The van der Waals surface area contributed by atoms with Gasteiger partial charge in [0.25, 0.3) is 5.91 Å². The maximum Gasteiger partial charge on any atom is 0.256 e. The molecule has 0 spiro atoms. The summed E-state index contributed by atoms with van der Waals surface area (Å²) in [6.07, 6.45) is 2.96. The van der Waals surface area contributed by atoms with Crippen LogP contribution < -0.4 is 10.1 Å². The Balaban J connectivity index is 1.82. The van der Waals surface area contributed by atoms with Crippen molar-refractivity contribution >= 4 is 22.6 Å². The highest BCUT2D eigenvalue weighted by molar-refractivity contribution is 6.13. The van der Waals surface area contributed by atoms with Crippen LogP contribution in [0, 0.1) is 25.2 Å². The second-order valence-electron chi connectivity index (χ2n) is 6.69. The fraction of sp³-hybridized carbons (Fsp3) is 0.136. The number of hydrogen-bond acceptors (Lipinski definition) is 6. The van der Waals surface area contributed by atoms with E-state index < -0.39 is 0 Å². The van der Waals surface area contributed by atoms with Gasteiger partial charge in [-0.2, -0.15) is 10.4 Å². The van der Waals surface area contributed by atoms with Crippen molar-refractivity contribution in [3.63, 3.8) is 0 Å². The average molecular weight is 398 g/mol. The summed E-state index contributed by atoms with van der Waals surface area (Å²) in [6, 6.07) is 12.8. The van der Waals surface area contributed by atoms with E-state index in [1.54, 1.807) is 23.9 Å². The second kappa shape index (κ2) is 7.64. The Morgan fingerprint density at radius 1 is 1.20 bits per heavy atom. The number of ether oxygens (including phenoxy) is 1. The van der Waals surface area contributed by atoms with Crippen LogP contribution in [-0.4, -0.2) is 32.8 Å². The number of aryl methyl sites for hydroxylation is 2. The summed E-state index contributed by atoms with van der Waals surface area (Å²) in [5, 5.41) is 17.3. The van der Waals surface area contributed by atoms with E-state index in [4.69, 9.17) is 4.74 Å². The van der Waals surface area contributed by atoms with E-state index in [0.29, 0.717) is 39.2 Å². The number of aromatic nitrogens is 4. The number of anilines is 1. The molecule has 4 rings (SSSR count). The van der Waals surface area contributed by atoms with Crippen molar-refractivity contribution < 1.29 is 9.53 Å². The first-order valence-electron chi connectivity index (χ1n) is 9.18. The smallest absolute Gasteiger partial charge is 0.256 e. The van der Waals surface area contributed by atoms with Crippen molar-refractivity contribution in [1.82, 2.24) is 19.7 Å². The molecule has 0 aliphatic rings. The molecule has 1 amide bonds. The summed E-state index contributed by atoms with van der Waals surface area (Å²) >= 11 is 0. The Bertz CT molecular complexity index is 1300. The van der Waals surface area contributed by atoms with Crippen molar-refractivity contribution in [2.24, 2.45) is 0 Å². The summed E-state index contributed by atoms with van der Waals surface area (Å²) in [5.41, 5.74) is 3.85. The van der Waals surface area contributed by atoms with Crippen molar-refractivity contribution in [3.05, 3.63) is 71.3 Å². The minimum absolute atomic E-state index is 0.339. The number of carbonyl (C=O) groups is 1. The Hall–Kier alpha value is -4.25. The minimum atomic E-state index is -0.354. The van der Waals surface area contributed by atoms with Gasteiger partial charge in [-0.3, -0.25) is 9.78 Å². The van der Waals surface area contributed by atoms with Crippen LogP contribution in [0.3, 0.4) is 0 Å². The monoisotopic (exact) mass is 398 g/mol. The first-order valence-corrected chi connectivity index (χ1v) is 9.18. The number of methoxy groups -OCH3 is 1. The van der Waals surface area contributed by atoms with Crippen LogP contribution in [0.1, 0.15) is 27.3 Å². The molecule has 4 aromatic rings. The lowest BCUT2D eigenvalue weighted by atomic mass is 10.1. The van der Waals surface area contributed by atoms with Gasteiger partial charge in [-0.05, 0) is 50.2 Å². The van der Waals surface area contributed by atoms with Crippen LogP contribution in [0.15, 0.2) is 48.8 Å². The SMILES string of the molecule is COc1ccc(-n2nc(C)c3c(C(=O)Nc4cnccc4C#N)cc(C)nc32)cc1. The molecule has 0 atom stereocenters. The third-order valence-corrected chi connectivity index (χ3v) is 4.69. The Morgan fingerprint density at radius 2 is 1.97 bits per heavy atom. The average Bonchev–Trinajstić information content (AvgIpc) is 3.09. The summed E-state index contributed by atoms with van der Waals surface area (Å²) in [7, 11) is 1.61. The molecular formula is C22H18N6O2. The number of benzene rings is 1. The molecule has 0 aliphatic heterocycles. The topological polar surface area (TPSA) is 106 Å². The number of fused-ring (bicyclic) bond motifs is 1. The number of amides is 1. The van der Waals surface area contributed by atoms with Gasteiger partial charge in [0, 0.05) is 11.9 Å². The number of hydrogen-bond donors (Lipinski definition) is 1. The van der Waals surface area contributed by atoms with E-state index >= 15 is 0 Å². The van der Waals surface area contributed by atoms with E-state index in [0.717, 1.165) is 11.4 Å². The molecule has 30 heavy (non-hydrogen) atoms. The lowest BCUT2D eigenvalue weighted by molar-refractivity contribution is 0.102. The zero-order valence-electron chi connectivity index (χ0n) is 16.7. The molecule has 0 radical (unpaired) electrons. The van der Waals surface area contributed by atoms with E-state index in [1.807, 2.05) is 38.1 Å². The second-order valence-corrected chi connectivity index (χ2v) is 6.69. The predicted octanol–water partition coefficient (Wildman–Crippen LogP) is 3.56. The predicted molar refractivity (Wildman–Crippen MR) is 112 cm³/mol. The normalized spacial score (nSPS) is 10.6. The van der Waals surface area contributed by atoms with Gasteiger partial charge in [-0.1, -0.05) is 0 Å². The van der Waals surface area contributed by atoms with Crippen LogP contribution in [0.2, 0.25) is 0 Å². The first kappa shape index (κ1) is 19.1. The molecule has 0 saturated carbocycles. The van der Waals surface area contributed by atoms with E-state index in [2.05, 4.69) is 26.5 Å². The lowest BCUT2D eigenvalue weighted by Crippen LogP contribution is -2.14. The molecule has 3 heterocycles. The standard InChI is InChI=1S/C22H18N6O2/c1-13-10-18(22(29)26-19-12-24-9-8-15(19)11-23)20-14(2)27-28(21(20)25-13)16-4-6-17(30-3)7-5-16/h4-10,12H,1-3H3,(H,26,29). The maximum absolute atomic E-state index is 13.1. The molecule has 1 aromatic carbocycles. The lowest BCUT2D eigenvalue weighted by Gasteiger charge is -2.09. The van der Waals surface area contributed by atoms with Crippen molar-refractivity contribution in [2.45, 2.75) is 13.8 Å². The number of nitriles is 1. The molecule has 0 aliphatic carbocycles. The third-order valence-electron chi connectivity index (χ3n) is 4.69. The van der Waals surface area contributed by atoms with Gasteiger partial charge in [0.05, 0.1) is 46.9 Å². The highest BCUT2D eigenvalue weighted by Crippen LogP contribution is 2.26. The van der Waals surface area contributed by atoms with Gasteiger partial charge < -0.3 is 10.1 Å². The first-order chi connectivity index (χ1) is 14.5. The molecule has 0 saturated heterocycles. The van der Waals surface area contributed by atoms with Crippen molar-refractivity contribution in [2.75, 3.05) is 12.4 Å². The molecule has 0 bridgehead atoms. The Labute approximate surface area is 172 Å². The highest BCUT2D eigenvalue weighted by Gasteiger charge is 2.20. The van der Waals surface area contributed by atoms with Crippen molar-refractivity contribution in [1.29, 1.82) is 5.26 Å². The van der Waals surface area contributed by atoms with E-state index in [1.165, 1.54) is 12.4 Å². The van der Waals surface area contributed by atoms with Crippen LogP contribution in [0.25, 0.3) is 16.7 Å². The van der Waals surface area contributed by atoms with Crippen LogP contribution in [-0.2, 0) is 0 Å². The molecule has 0 unspecified atom stereocenters. The molecule has 148 valence electrons. The molecule has 1 N–H and O–H groups in total. The van der Waals surface area contributed by atoms with Gasteiger partial charge in [0.15, 0.2) is 5.65 Å². The summed E-state index contributed by atoms with van der Waals surface area (Å²) in [4.78, 5) is 21.7. The number of rotatable bonds is 4.